The fraction of sp³-hybridized carbons (Fsp3) is 0.833. The zero-order valence-electron chi connectivity index (χ0n) is 5.95. The van der Waals surface area contributed by atoms with Gasteiger partial charge < -0.3 is 4.79 Å². The van der Waals surface area contributed by atoms with E-state index in [0.29, 0.717) is 12.7 Å². The van der Waals surface area contributed by atoms with Crippen LogP contribution in [0.1, 0.15) is 19.8 Å². The topological polar surface area (TPSA) is 60.2 Å². The monoisotopic (exact) mass is 145 g/mol. The molecule has 0 N–H and O–H groups in total. The Balaban J connectivity index is 3.59. The molecule has 0 fully saturated rings. The van der Waals surface area contributed by atoms with E-state index in [1.807, 2.05) is 6.92 Å². The summed E-state index contributed by atoms with van der Waals surface area (Å²) in [6, 6.07) is 0. The van der Waals surface area contributed by atoms with Gasteiger partial charge >= 0.3 is 0 Å². The summed E-state index contributed by atoms with van der Waals surface area (Å²) >= 11 is 0. The molecule has 0 aliphatic heterocycles. The first kappa shape index (κ1) is 9.07. The molecule has 0 aromatic rings. The van der Waals surface area contributed by atoms with Gasteiger partial charge in [-0.15, -0.1) is 0 Å². The van der Waals surface area contributed by atoms with Gasteiger partial charge in [0.2, 0.25) is 6.54 Å². The van der Waals surface area contributed by atoms with Crippen molar-refractivity contribution in [2.45, 2.75) is 19.8 Å². The largest absolute Gasteiger partial charge is 0.303 e. The number of carbonyl (C=O) groups is 1. The molecule has 58 valence electrons. The first-order valence-corrected chi connectivity index (χ1v) is 3.27. The van der Waals surface area contributed by atoms with Crippen LogP contribution in [0, 0.1) is 16.0 Å². The molecule has 0 aliphatic carbocycles. The number of hydrogen-bond donors (Lipinski definition) is 0. The molecule has 0 saturated heterocycles. The number of nitrogens with zero attached hydrogens (tertiary/aromatic N) is 1. The van der Waals surface area contributed by atoms with Crippen molar-refractivity contribution in [3.05, 3.63) is 10.1 Å². The lowest BCUT2D eigenvalue weighted by molar-refractivity contribution is -0.485. The molecule has 10 heavy (non-hydrogen) atoms. The number of carbonyl (C=O) groups excluding carboxylic acids is 1. The Morgan fingerprint density at radius 3 is 2.60 bits per heavy atom. The summed E-state index contributed by atoms with van der Waals surface area (Å²) in [5.74, 6) is -0.389. The Morgan fingerprint density at radius 2 is 2.30 bits per heavy atom. The first-order valence-electron chi connectivity index (χ1n) is 3.27. The lowest BCUT2D eigenvalue weighted by Crippen LogP contribution is -2.14. The van der Waals surface area contributed by atoms with Gasteiger partial charge in [0.25, 0.3) is 0 Å². The molecular weight excluding hydrogens is 134 g/mol. The summed E-state index contributed by atoms with van der Waals surface area (Å²) < 4.78 is 0. The summed E-state index contributed by atoms with van der Waals surface area (Å²) in [5.41, 5.74) is 0. The van der Waals surface area contributed by atoms with Crippen LogP contribution in [0.4, 0.5) is 0 Å². The summed E-state index contributed by atoms with van der Waals surface area (Å²) in [4.78, 5) is 19.6. The van der Waals surface area contributed by atoms with E-state index in [0.717, 1.165) is 6.42 Å². The van der Waals surface area contributed by atoms with Gasteiger partial charge in [0, 0.05) is 4.92 Å². The highest BCUT2D eigenvalue weighted by molar-refractivity contribution is 5.53. The van der Waals surface area contributed by atoms with Gasteiger partial charge in [-0.1, -0.05) is 13.3 Å². The molecule has 0 amide bonds. The fourth-order valence-electron chi connectivity index (χ4n) is 0.765. The van der Waals surface area contributed by atoms with Gasteiger partial charge in [0.05, 0.1) is 5.92 Å². The standard InChI is InChI=1S/C6H11NO3/c1-2-3-6(5-8)4-7(9)10/h5-6H,2-4H2,1H3. The molecular formula is C6H11NO3. The molecule has 0 bridgehead atoms. The van der Waals surface area contributed by atoms with Crippen molar-refractivity contribution in [3.8, 4) is 0 Å². The Bertz CT molecular complexity index is 124. The quantitative estimate of drug-likeness (QED) is 0.327. The van der Waals surface area contributed by atoms with E-state index in [2.05, 4.69) is 0 Å². The molecule has 0 aromatic heterocycles. The van der Waals surface area contributed by atoms with E-state index in [1.165, 1.54) is 0 Å². The highest BCUT2D eigenvalue weighted by atomic mass is 16.6. The van der Waals surface area contributed by atoms with Crippen molar-refractivity contribution in [2.75, 3.05) is 6.54 Å². The van der Waals surface area contributed by atoms with Gasteiger partial charge in [-0.2, -0.15) is 0 Å². The van der Waals surface area contributed by atoms with E-state index in [4.69, 9.17) is 0 Å². The third-order valence-corrected chi connectivity index (χ3v) is 1.24. The molecule has 1 unspecified atom stereocenters. The van der Waals surface area contributed by atoms with Crippen molar-refractivity contribution in [3.63, 3.8) is 0 Å². The number of rotatable bonds is 5. The SMILES string of the molecule is CCCC(C=O)C[N+](=O)[O-]. The second-order valence-electron chi connectivity index (χ2n) is 2.20. The van der Waals surface area contributed by atoms with Crippen LogP contribution in [-0.4, -0.2) is 17.8 Å². The third kappa shape index (κ3) is 4.00. The van der Waals surface area contributed by atoms with Crippen LogP contribution in [0.3, 0.4) is 0 Å². The van der Waals surface area contributed by atoms with Gasteiger partial charge in [0.15, 0.2) is 0 Å². The van der Waals surface area contributed by atoms with E-state index < -0.39 is 4.92 Å². The molecule has 0 spiro atoms. The molecule has 4 nitrogen and oxygen atoms in total. The minimum atomic E-state index is -0.450. The lowest BCUT2D eigenvalue weighted by Gasteiger charge is -2.00. The highest BCUT2D eigenvalue weighted by Gasteiger charge is 2.11. The molecule has 0 aromatic carbocycles. The minimum absolute atomic E-state index is 0.225. The smallest absolute Gasteiger partial charge is 0.213 e. The maximum absolute atomic E-state index is 10.1. The Labute approximate surface area is 59.4 Å². The van der Waals surface area contributed by atoms with E-state index in [9.17, 15) is 14.9 Å². The number of hydrogen-bond acceptors (Lipinski definition) is 3. The van der Waals surface area contributed by atoms with Crippen LogP contribution < -0.4 is 0 Å². The van der Waals surface area contributed by atoms with Crippen LogP contribution >= 0.6 is 0 Å². The number of aldehydes is 1. The van der Waals surface area contributed by atoms with Crippen molar-refractivity contribution >= 4 is 6.29 Å². The third-order valence-electron chi connectivity index (χ3n) is 1.24. The van der Waals surface area contributed by atoms with E-state index in [-0.39, 0.29) is 12.5 Å². The predicted octanol–water partition coefficient (Wildman–Crippen LogP) is 0.878. The van der Waals surface area contributed by atoms with Crippen molar-refractivity contribution in [1.82, 2.24) is 0 Å². The predicted molar refractivity (Wildman–Crippen MR) is 36.3 cm³/mol. The summed E-state index contributed by atoms with van der Waals surface area (Å²) in [6.07, 6.45) is 2.09. The molecule has 0 saturated carbocycles. The maximum Gasteiger partial charge on any atom is 0.213 e. The van der Waals surface area contributed by atoms with E-state index in [1.54, 1.807) is 0 Å². The van der Waals surface area contributed by atoms with Gasteiger partial charge in [-0.3, -0.25) is 10.1 Å². The van der Waals surface area contributed by atoms with Crippen molar-refractivity contribution < 1.29 is 9.72 Å². The molecule has 0 aliphatic rings. The van der Waals surface area contributed by atoms with Crippen molar-refractivity contribution in [2.24, 2.45) is 5.92 Å². The van der Waals surface area contributed by atoms with Gasteiger partial charge in [0.1, 0.15) is 6.29 Å². The summed E-state index contributed by atoms with van der Waals surface area (Å²) in [6.45, 7) is 1.67. The zero-order valence-corrected chi connectivity index (χ0v) is 5.95. The van der Waals surface area contributed by atoms with Crippen LogP contribution in [0.2, 0.25) is 0 Å². The second-order valence-corrected chi connectivity index (χ2v) is 2.20. The summed E-state index contributed by atoms with van der Waals surface area (Å²) in [7, 11) is 0. The molecule has 4 heteroatoms. The molecule has 0 heterocycles. The second kappa shape index (κ2) is 4.90. The van der Waals surface area contributed by atoms with Crippen molar-refractivity contribution in [1.29, 1.82) is 0 Å². The zero-order chi connectivity index (χ0) is 7.98. The minimum Gasteiger partial charge on any atom is -0.303 e. The van der Waals surface area contributed by atoms with Crippen LogP contribution in [0.25, 0.3) is 0 Å². The highest BCUT2D eigenvalue weighted by Crippen LogP contribution is 2.02. The van der Waals surface area contributed by atoms with Gasteiger partial charge in [-0.25, -0.2) is 0 Å². The Kier molecular flexibility index (Phi) is 4.45. The molecule has 0 rings (SSSR count). The normalized spacial score (nSPS) is 12.5. The first-order chi connectivity index (χ1) is 4.70. The van der Waals surface area contributed by atoms with Crippen LogP contribution in [0.5, 0.6) is 0 Å². The number of nitro groups is 1. The molecule has 1 atom stereocenters. The maximum atomic E-state index is 10.1. The fourth-order valence-corrected chi connectivity index (χ4v) is 0.765. The summed E-state index contributed by atoms with van der Waals surface area (Å²) in [5, 5.41) is 9.89. The van der Waals surface area contributed by atoms with E-state index >= 15 is 0 Å². The lowest BCUT2D eigenvalue weighted by atomic mass is 10.1. The Morgan fingerprint density at radius 1 is 1.70 bits per heavy atom. The molecule has 0 radical (unpaired) electrons. The van der Waals surface area contributed by atoms with Crippen LogP contribution in [0.15, 0.2) is 0 Å². The average Bonchev–Trinajstić information content (AvgIpc) is 1.86. The van der Waals surface area contributed by atoms with Crippen LogP contribution in [-0.2, 0) is 4.79 Å². The Hall–Kier alpha value is -0.930. The average molecular weight is 145 g/mol. The van der Waals surface area contributed by atoms with Gasteiger partial charge in [-0.05, 0) is 6.42 Å².